The van der Waals surface area contributed by atoms with E-state index in [0.29, 0.717) is 36.3 Å². The van der Waals surface area contributed by atoms with Gasteiger partial charge in [0.25, 0.3) is 5.91 Å². The number of carbonyl (C=O) groups excluding carboxylic acids is 4. The van der Waals surface area contributed by atoms with Gasteiger partial charge in [-0.2, -0.15) is 0 Å². The van der Waals surface area contributed by atoms with Crippen molar-refractivity contribution in [3.63, 3.8) is 0 Å². The Kier molecular flexibility index (Phi) is 6.81. The molecule has 2 saturated carbocycles. The molecule has 3 fully saturated rings. The van der Waals surface area contributed by atoms with Gasteiger partial charge in [-0.05, 0) is 56.1 Å². The summed E-state index contributed by atoms with van der Waals surface area (Å²) in [6, 6.07) is 2.17. The Hall–Kier alpha value is -3.23. The molecule has 0 radical (unpaired) electrons. The quantitative estimate of drug-likeness (QED) is 0.582. The molecule has 9 heteroatoms. The SMILES string of the molecule is CCC(=O)[C@H](C[C@@H]1CCCC1=O)NC(=O)[C@@H]1[C@H]2CCC[C@H]2CN1C(=O)c1cc2c(OC)nccc2[nH]1. The number of nitrogens with one attached hydrogen (secondary N) is 2. The molecular weight excluding hydrogens is 460 g/mol. The summed E-state index contributed by atoms with van der Waals surface area (Å²) in [6.45, 7) is 2.29. The molecule has 2 aliphatic carbocycles. The van der Waals surface area contributed by atoms with E-state index in [1.807, 2.05) is 0 Å². The molecule has 0 spiro atoms. The first kappa shape index (κ1) is 24.5. The lowest BCUT2D eigenvalue weighted by molar-refractivity contribution is -0.131. The van der Waals surface area contributed by atoms with Gasteiger partial charge in [0.2, 0.25) is 11.8 Å². The third kappa shape index (κ3) is 4.40. The van der Waals surface area contributed by atoms with Gasteiger partial charge < -0.3 is 19.9 Å². The predicted octanol–water partition coefficient (Wildman–Crippen LogP) is 3.04. The molecule has 5 atom stereocenters. The number of aromatic amines is 1. The van der Waals surface area contributed by atoms with Crippen LogP contribution in [0.5, 0.6) is 5.88 Å². The van der Waals surface area contributed by atoms with E-state index < -0.39 is 12.1 Å². The van der Waals surface area contributed by atoms with Crippen LogP contribution in [-0.2, 0) is 14.4 Å². The van der Waals surface area contributed by atoms with Crippen LogP contribution in [0.4, 0.5) is 0 Å². The van der Waals surface area contributed by atoms with Gasteiger partial charge in [-0.1, -0.05) is 13.3 Å². The standard InChI is InChI=1S/C27H34N4O5/c1-3-22(32)20(12-15-6-5-9-23(15)33)30-25(34)24-17-8-4-7-16(17)14-31(24)27(35)21-13-18-19(29-21)10-11-28-26(18)36-2/h10-11,13,15-17,20,24,29H,3-9,12,14H2,1-2H3,(H,30,34)/t15-,16-,17-,20-,24-/m0/s1. The summed E-state index contributed by atoms with van der Waals surface area (Å²) in [5.74, 6) is 0.158. The second kappa shape index (κ2) is 10.0. The number of ketones is 2. The van der Waals surface area contributed by atoms with Crippen molar-refractivity contribution >= 4 is 34.3 Å². The van der Waals surface area contributed by atoms with Crippen molar-refractivity contribution in [3.8, 4) is 5.88 Å². The minimum atomic E-state index is -0.699. The maximum Gasteiger partial charge on any atom is 0.271 e. The fourth-order valence-corrected chi connectivity index (χ4v) is 6.51. The van der Waals surface area contributed by atoms with Crippen LogP contribution in [0, 0.1) is 17.8 Å². The molecule has 0 bridgehead atoms. The largest absolute Gasteiger partial charge is 0.481 e. The number of pyridine rings is 1. The van der Waals surface area contributed by atoms with Crippen molar-refractivity contribution in [2.45, 2.75) is 70.4 Å². The zero-order valence-electron chi connectivity index (χ0n) is 20.9. The maximum atomic E-state index is 13.7. The Bertz CT molecular complexity index is 1190. The van der Waals surface area contributed by atoms with Gasteiger partial charge in [0.1, 0.15) is 17.5 Å². The highest BCUT2D eigenvalue weighted by molar-refractivity contribution is 6.02. The molecule has 3 aliphatic rings. The molecule has 3 heterocycles. The smallest absolute Gasteiger partial charge is 0.271 e. The predicted molar refractivity (Wildman–Crippen MR) is 132 cm³/mol. The van der Waals surface area contributed by atoms with E-state index in [-0.39, 0.29) is 47.6 Å². The zero-order valence-corrected chi connectivity index (χ0v) is 20.9. The number of ether oxygens (including phenoxy) is 1. The molecule has 1 saturated heterocycles. The van der Waals surface area contributed by atoms with E-state index >= 15 is 0 Å². The number of hydrogen-bond acceptors (Lipinski definition) is 6. The van der Waals surface area contributed by atoms with Gasteiger partial charge in [-0.3, -0.25) is 19.2 Å². The Labute approximate surface area is 210 Å². The Morgan fingerprint density at radius 3 is 2.81 bits per heavy atom. The molecule has 5 rings (SSSR count). The maximum absolute atomic E-state index is 13.7. The number of hydrogen-bond donors (Lipinski definition) is 2. The number of methoxy groups -OCH3 is 1. The second-order valence-electron chi connectivity index (χ2n) is 10.4. The highest BCUT2D eigenvalue weighted by Gasteiger charge is 2.50. The first-order valence-corrected chi connectivity index (χ1v) is 13.1. The fraction of sp³-hybridized carbons (Fsp3) is 0.593. The van der Waals surface area contributed by atoms with Crippen LogP contribution >= 0.6 is 0 Å². The number of rotatable bonds is 8. The highest BCUT2D eigenvalue weighted by atomic mass is 16.5. The van der Waals surface area contributed by atoms with Crippen molar-refractivity contribution in [3.05, 3.63) is 24.0 Å². The average Bonchev–Trinajstić information content (AvgIpc) is 3.66. The summed E-state index contributed by atoms with van der Waals surface area (Å²) >= 11 is 0. The van der Waals surface area contributed by atoms with Gasteiger partial charge in [0, 0.05) is 31.5 Å². The van der Waals surface area contributed by atoms with Crippen molar-refractivity contribution < 1.29 is 23.9 Å². The summed E-state index contributed by atoms with van der Waals surface area (Å²) in [4.78, 5) is 61.4. The lowest BCUT2D eigenvalue weighted by Gasteiger charge is -2.29. The minimum absolute atomic E-state index is 0.0695. The van der Waals surface area contributed by atoms with Gasteiger partial charge in [-0.15, -0.1) is 0 Å². The number of Topliss-reactive ketones (excluding diaryl/α,β-unsaturated/α-hetero) is 2. The zero-order chi connectivity index (χ0) is 25.4. The van der Waals surface area contributed by atoms with Gasteiger partial charge in [-0.25, -0.2) is 4.98 Å². The topological polar surface area (TPSA) is 121 Å². The normalized spacial score (nSPS) is 26.3. The van der Waals surface area contributed by atoms with Crippen LogP contribution in [-0.4, -0.2) is 64.0 Å². The molecule has 36 heavy (non-hydrogen) atoms. The van der Waals surface area contributed by atoms with E-state index in [0.717, 1.165) is 37.6 Å². The molecule has 1 aliphatic heterocycles. The van der Waals surface area contributed by atoms with E-state index in [4.69, 9.17) is 4.74 Å². The van der Waals surface area contributed by atoms with Crippen LogP contribution in [0.15, 0.2) is 18.3 Å². The van der Waals surface area contributed by atoms with E-state index in [1.165, 1.54) is 7.11 Å². The van der Waals surface area contributed by atoms with Gasteiger partial charge >= 0.3 is 0 Å². The minimum Gasteiger partial charge on any atom is -0.481 e. The Morgan fingerprint density at radius 1 is 1.25 bits per heavy atom. The Morgan fingerprint density at radius 2 is 2.08 bits per heavy atom. The number of nitrogens with zero attached hydrogens (tertiary/aromatic N) is 2. The molecule has 2 amide bonds. The highest BCUT2D eigenvalue weighted by Crippen LogP contribution is 2.43. The number of H-pyrrole nitrogens is 1. The second-order valence-corrected chi connectivity index (χ2v) is 10.4. The summed E-state index contributed by atoms with van der Waals surface area (Å²) in [5, 5.41) is 3.68. The van der Waals surface area contributed by atoms with Crippen LogP contribution < -0.4 is 10.1 Å². The molecule has 9 nitrogen and oxygen atoms in total. The van der Waals surface area contributed by atoms with Crippen molar-refractivity contribution in [1.82, 2.24) is 20.2 Å². The number of aromatic nitrogens is 2. The van der Waals surface area contributed by atoms with Crippen LogP contribution in [0.2, 0.25) is 0 Å². The van der Waals surface area contributed by atoms with Crippen LogP contribution in [0.3, 0.4) is 0 Å². The number of amides is 2. The molecular formula is C27H34N4O5. The summed E-state index contributed by atoms with van der Waals surface area (Å²) in [6.07, 6.45) is 7.29. The van der Waals surface area contributed by atoms with Gasteiger partial charge in [0.15, 0.2) is 5.78 Å². The fourth-order valence-electron chi connectivity index (χ4n) is 6.51. The molecule has 0 aromatic carbocycles. The third-order valence-electron chi connectivity index (χ3n) is 8.36. The molecule has 192 valence electrons. The number of carbonyl (C=O) groups is 4. The van der Waals surface area contributed by atoms with Crippen LogP contribution in [0.1, 0.15) is 68.8 Å². The van der Waals surface area contributed by atoms with Crippen molar-refractivity contribution in [2.24, 2.45) is 17.8 Å². The lowest BCUT2D eigenvalue weighted by atomic mass is 9.91. The number of likely N-dealkylation sites (tertiary alicyclic amines) is 1. The Balaban J connectivity index is 1.39. The number of fused-ring (bicyclic) bond motifs is 2. The van der Waals surface area contributed by atoms with E-state index in [1.54, 1.807) is 30.2 Å². The monoisotopic (exact) mass is 494 g/mol. The third-order valence-corrected chi connectivity index (χ3v) is 8.36. The summed E-state index contributed by atoms with van der Waals surface area (Å²) in [7, 11) is 1.53. The molecule has 2 N–H and O–H groups in total. The summed E-state index contributed by atoms with van der Waals surface area (Å²) < 4.78 is 5.33. The van der Waals surface area contributed by atoms with E-state index in [9.17, 15) is 19.2 Å². The van der Waals surface area contributed by atoms with E-state index in [2.05, 4.69) is 15.3 Å². The first-order chi connectivity index (χ1) is 17.4. The molecule has 0 unspecified atom stereocenters. The first-order valence-electron chi connectivity index (χ1n) is 13.1. The van der Waals surface area contributed by atoms with Crippen molar-refractivity contribution in [2.75, 3.05) is 13.7 Å². The molecule has 2 aromatic rings. The average molecular weight is 495 g/mol. The summed E-state index contributed by atoms with van der Waals surface area (Å²) in [5.41, 5.74) is 1.12. The molecule has 2 aromatic heterocycles. The van der Waals surface area contributed by atoms with Crippen LogP contribution in [0.25, 0.3) is 10.9 Å². The lowest BCUT2D eigenvalue weighted by Crippen LogP contribution is -2.53. The van der Waals surface area contributed by atoms with Gasteiger partial charge in [0.05, 0.1) is 24.1 Å². The van der Waals surface area contributed by atoms with Crippen molar-refractivity contribution in [1.29, 1.82) is 0 Å².